The highest BCUT2D eigenvalue weighted by molar-refractivity contribution is 5.61. The molecule has 5 rings (SSSR count). The molecule has 8 nitrogen and oxygen atoms in total. The molecule has 0 N–H and O–H groups in total. The fourth-order valence-corrected chi connectivity index (χ4v) is 4.22. The summed E-state index contributed by atoms with van der Waals surface area (Å²) in [6.45, 7) is 1.87. The summed E-state index contributed by atoms with van der Waals surface area (Å²) in [5.74, 6) is 3.61. The van der Waals surface area contributed by atoms with Crippen molar-refractivity contribution in [2.24, 2.45) is 0 Å². The van der Waals surface area contributed by atoms with Crippen LogP contribution in [0.2, 0.25) is 0 Å². The van der Waals surface area contributed by atoms with Crippen molar-refractivity contribution in [3.8, 4) is 11.4 Å². The van der Waals surface area contributed by atoms with Gasteiger partial charge in [0.1, 0.15) is 5.82 Å². The number of aromatic nitrogens is 5. The smallest absolute Gasteiger partial charge is 0.265 e. The molecule has 4 heterocycles. The number of rotatable bonds is 4. The Morgan fingerprint density at radius 3 is 2.55 bits per heavy atom. The van der Waals surface area contributed by atoms with Gasteiger partial charge in [0.05, 0.1) is 0 Å². The second-order valence-corrected chi connectivity index (χ2v) is 7.97. The molecule has 1 saturated heterocycles. The average Bonchev–Trinajstić information content (AvgIpc) is 3.44. The van der Waals surface area contributed by atoms with Gasteiger partial charge in [-0.05, 0) is 49.4 Å². The Balaban J connectivity index is 1.38. The summed E-state index contributed by atoms with van der Waals surface area (Å²) < 4.78 is 5.50. The van der Waals surface area contributed by atoms with Crippen LogP contribution in [0.15, 0.2) is 29.0 Å². The quantitative estimate of drug-likeness (QED) is 0.671. The van der Waals surface area contributed by atoms with Crippen molar-refractivity contribution in [1.29, 1.82) is 0 Å². The molecular formula is C21H25N7O. The first-order valence-corrected chi connectivity index (χ1v) is 10.2. The predicted octanol–water partition coefficient (Wildman–Crippen LogP) is 2.86. The van der Waals surface area contributed by atoms with Crippen molar-refractivity contribution in [3.05, 3.63) is 41.7 Å². The first kappa shape index (κ1) is 18.0. The van der Waals surface area contributed by atoms with E-state index in [4.69, 9.17) is 14.5 Å². The molecule has 1 aliphatic carbocycles. The number of nitrogens with zero attached hydrogens (tertiary/aromatic N) is 7. The minimum Gasteiger partial charge on any atom is -0.356 e. The lowest BCUT2D eigenvalue weighted by Crippen LogP contribution is -2.34. The minimum absolute atomic E-state index is 0.307. The van der Waals surface area contributed by atoms with Crippen LogP contribution >= 0.6 is 0 Å². The standard InChI is InChI=1S/C21H25N7O/c1-27(2)21-25-20(29-26-21)15-8-12-28(13-9-15)19-16-4-3-5-17(16)23-18(24-19)14-6-10-22-11-7-14/h6-7,10-11,15H,3-5,8-9,12-13H2,1-2H3. The van der Waals surface area contributed by atoms with Gasteiger partial charge in [-0.15, -0.1) is 0 Å². The molecule has 150 valence electrons. The van der Waals surface area contributed by atoms with Crippen LogP contribution in [0.5, 0.6) is 0 Å². The van der Waals surface area contributed by atoms with E-state index in [9.17, 15) is 0 Å². The van der Waals surface area contributed by atoms with Gasteiger partial charge in [-0.3, -0.25) is 4.98 Å². The summed E-state index contributed by atoms with van der Waals surface area (Å²) in [6.07, 6.45) is 8.82. The molecule has 1 aliphatic heterocycles. The number of aryl methyl sites for hydroxylation is 1. The van der Waals surface area contributed by atoms with Crippen molar-refractivity contribution in [2.75, 3.05) is 37.0 Å². The molecule has 8 heteroatoms. The third-order valence-corrected chi connectivity index (χ3v) is 5.82. The molecule has 3 aromatic rings. The van der Waals surface area contributed by atoms with Crippen LogP contribution in [-0.4, -0.2) is 52.3 Å². The van der Waals surface area contributed by atoms with Gasteiger partial charge in [0.2, 0.25) is 5.89 Å². The summed E-state index contributed by atoms with van der Waals surface area (Å²) in [7, 11) is 3.85. The molecule has 0 bridgehead atoms. The van der Waals surface area contributed by atoms with Crippen LogP contribution in [0.3, 0.4) is 0 Å². The number of pyridine rings is 1. The topological polar surface area (TPSA) is 84.1 Å². The Labute approximate surface area is 170 Å². The Bertz CT molecular complexity index is 994. The van der Waals surface area contributed by atoms with Crippen molar-refractivity contribution in [1.82, 2.24) is 25.1 Å². The SMILES string of the molecule is CN(C)c1noc(C2CCN(c3nc(-c4ccncc4)nc4c3CCC4)CC2)n1. The molecule has 0 saturated carbocycles. The summed E-state index contributed by atoms with van der Waals surface area (Å²) >= 11 is 0. The van der Waals surface area contributed by atoms with Gasteiger partial charge in [-0.2, -0.15) is 4.98 Å². The lowest BCUT2D eigenvalue weighted by Gasteiger charge is -2.32. The number of piperidine rings is 1. The number of hydrogen-bond acceptors (Lipinski definition) is 8. The van der Waals surface area contributed by atoms with E-state index in [-0.39, 0.29) is 0 Å². The summed E-state index contributed by atoms with van der Waals surface area (Å²) in [4.78, 5) is 22.8. The van der Waals surface area contributed by atoms with Crippen molar-refractivity contribution >= 4 is 11.8 Å². The Morgan fingerprint density at radius 2 is 1.83 bits per heavy atom. The first-order chi connectivity index (χ1) is 14.2. The highest BCUT2D eigenvalue weighted by atomic mass is 16.5. The third-order valence-electron chi connectivity index (χ3n) is 5.82. The Morgan fingerprint density at radius 1 is 1.03 bits per heavy atom. The largest absolute Gasteiger partial charge is 0.356 e. The van der Waals surface area contributed by atoms with Gasteiger partial charge >= 0.3 is 0 Å². The zero-order valence-electron chi connectivity index (χ0n) is 16.9. The van der Waals surface area contributed by atoms with Gasteiger partial charge in [0, 0.05) is 62.3 Å². The van der Waals surface area contributed by atoms with Gasteiger partial charge < -0.3 is 14.3 Å². The molecule has 0 unspecified atom stereocenters. The highest BCUT2D eigenvalue weighted by Crippen LogP contribution is 2.35. The predicted molar refractivity (Wildman–Crippen MR) is 110 cm³/mol. The zero-order chi connectivity index (χ0) is 19.8. The Kier molecular flexibility index (Phi) is 4.61. The van der Waals surface area contributed by atoms with E-state index < -0.39 is 0 Å². The van der Waals surface area contributed by atoms with Crippen LogP contribution in [0, 0.1) is 0 Å². The van der Waals surface area contributed by atoms with Crippen LogP contribution in [0.25, 0.3) is 11.4 Å². The lowest BCUT2D eigenvalue weighted by molar-refractivity contribution is 0.329. The number of anilines is 2. The van der Waals surface area contributed by atoms with E-state index in [1.165, 1.54) is 11.3 Å². The third kappa shape index (κ3) is 3.43. The van der Waals surface area contributed by atoms with Crippen LogP contribution in [0.1, 0.15) is 42.3 Å². The first-order valence-electron chi connectivity index (χ1n) is 10.2. The highest BCUT2D eigenvalue weighted by Gasteiger charge is 2.29. The van der Waals surface area contributed by atoms with Gasteiger partial charge in [0.15, 0.2) is 5.82 Å². The van der Waals surface area contributed by atoms with Crippen LogP contribution < -0.4 is 9.80 Å². The van der Waals surface area contributed by atoms with Gasteiger partial charge in [0.25, 0.3) is 5.95 Å². The van der Waals surface area contributed by atoms with E-state index in [2.05, 4.69) is 20.0 Å². The molecular weight excluding hydrogens is 366 g/mol. The minimum atomic E-state index is 0.307. The fraction of sp³-hybridized carbons (Fsp3) is 0.476. The maximum absolute atomic E-state index is 5.50. The second kappa shape index (κ2) is 7.42. The maximum Gasteiger partial charge on any atom is 0.265 e. The van der Waals surface area contributed by atoms with Crippen LogP contribution in [0.4, 0.5) is 11.8 Å². The summed E-state index contributed by atoms with van der Waals surface area (Å²) in [6, 6.07) is 3.95. The Hall–Kier alpha value is -3.03. The molecule has 29 heavy (non-hydrogen) atoms. The number of hydrogen-bond donors (Lipinski definition) is 0. The normalized spacial score (nSPS) is 16.8. The molecule has 0 aromatic carbocycles. The van der Waals surface area contributed by atoms with Gasteiger partial charge in [-0.1, -0.05) is 0 Å². The fourth-order valence-electron chi connectivity index (χ4n) is 4.22. The molecule has 3 aromatic heterocycles. The molecule has 0 spiro atoms. The van der Waals surface area contributed by atoms with E-state index in [0.29, 0.717) is 11.9 Å². The monoisotopic (exact) mass is 391 g/mol. The maximum atomic E-state index is 5.50. The van der Waals surface area contributed by atoms with Crippen LogP contribution in [-0.2, 0) is 12.8 Å². The summed E-state index contributed by atoms with van der Waals surface area (Å²) in [5.41, 5.74) is 3.55. The van der Waals surface area contributed by atoms with E-state index in [1.807, 2.05) is 31.1 Å². The van der Waals surface area contributed by atoms with Crippen molar-refractivity contribution in [3.63, 3.8) is 0 Å². The molecule has 2 aliphatic rings. The number of fused-ring (bicyclic) bond motifs is 1. The van der Waals surface area contributed by atoms with Crippen molar-refractivity contribution < 1.29 is 4.52 Å². The lowest BCUT2D eigenvalue weighted by atomic mass is 9.96. The zero-order valence-corrected chi connectivity index (χ0v) is 16.9. The second-order valence-electron chi connectivity index (χ2n) is 7.97. The average molecular weight is 391 g/mol. The van der Waals surface area contributed by atoms with Crippen molar-refractivity contribution in [2.45, 2.75) is 38.0 Å². The summed E-state index contributed by atoms with van der Waals surface area (Å²) in [5, 5.41) is 4.06. The van der Waals surface area contributed by atoms with E-state index in [0.717, 1.165) is 68.3 Å². The molecule has 1 fully saturated rings. The molecule has 0 amide bonds. The molecule has 0 radical (unpaired) electrons. The van der Waals surface area contributed by atoms with E-state index >= 15 is 0 Å². The van der Waals surface area contributed by atoms with Gasteiger partial charge in [-0.25, -0.2) is 9.97 Å². The molecule has 0 atom stereocenters. The van der Waals surface area contributed by atoms with E-state index in [1.54, 1.807) is 12.4 Å².